The summed E-state index contributed by atoms with van der Waals surface area (Å²) in [6.07, 6.45) is 3.16. The Labute approximate surface area is 158 Å². The van der Waals surface area contributed by atoms with Gasteiger partial charge in [-0.1, -0.05) is 5.16 Å². The highest BCUT2D eigenvalue weighted by atomic mass is 32.1. The van der Waals surface area contributed by atoms with Gasteiger partial charge in [0.15, 0.2) is 0 Å². The molecule has 1 amide bonds. The number of piperazine rings is 1. The van der Waals surface area contributed by atoms with Crippen molar-refractivity contribution in [1.29, 1.82) is 0 Å². The number of anilines is 1. The molecular weight excluding hydrogens is 364 g/mol. The Hall–Kier alpha value is -3.07. The van der Waals surface area contributed by atoms with Crippen LogP contribution in [-0.4, -0.2) is 57.1 Å². The highest BCUT2D eigenvalue weighted by molar-refractivity contribution is 7.17. The van der Waals surface area contributed by atoms with Gasteiger partial charge in [-0.2, -0.15) is 0 Å². The Bertz CT molecular complexity index is 1150. The van der Waals surface area contributed by atoms with E-state index in [4.69, 9.17) is 4.52 Å². The van der Waals surface area contributed by atoms with Crippen LogP contribution in [0.25, 0.3) is 21.3 Å². The molecule has 1 fully saturated rings. The third kappa shape index (κ3) is 2.71. The van der Waals surface area contributed by atoms with Crippen LogP contribution in [0.1, 0.15) is 16.1 Å². The molecule has 0 radical (unpaired) electrons. The zero-order chi connectivity index (χ0) is 18.4. The number of carbonyl (C=O) groups excluding carboxylic acids is 1. The highest BCUT2D eigenvalue weighted by Crippen LogP contribution is 2.28. The van der Waals surface area contributed by atoms with Gasteiger partial charge in [0.05, 0.1) is 26.9 Å². The van der Waals surface area contributed by atoms with Crippen LogP contribution >= 0.6 is 11.3 Å². The number of nitrogens with zero attached hydrogens (tertiary/aromatic N) is 6. The fourth-order valence-corrected chi connectivity index (χ4v) is 4.23. The lowest BCUT2D eigenvalue weighted by atomic mass is 10.1. The van der Waals surface area contributed by atoms with Crippen LogP contribution < -0.4 is 4.90 Å². The van der Waals surface area contributed by atoms with E-state index >= 15 is 0 Å². The molecule has 0 aliphatic carbocycles. The lowest BCUT2D eigenvalue weighted by Gasteiger charge is -2.35. The Kier molecular flexibility index (Phi) is 3.75. The first kappa shape index (κ1) is 16.1. The maximum Gasteiger partial charge on any atom is 0.257 e. The number of fused-ring (bicyclic) bond motifs is 2. The predicted octanol–water partition coefficient (Wildman–Crippen LogP) is 2.50. The van der Waals surface area contributed by atoms with Gasteiger partial charge < -0.3 is 14.3 Å². The van der Waals surface area contributed by atoms with Crippen molar-refractivity contribution in [2.45, 2.75) is 6.92 Å². The average molecular weight is 380 g/mol. The summed E-state index contributed by atoms with van der Waals surface area (Å²) in [6.45, 7) is 4.58. The Morgan fingerprint density at radius 3 is 2.89 bits per heavy atom. The van der Waals surface area contributed by atoms with Gasteiger partial charge in [0.2, 0.25) is 0 Å². The summed E-state index contributed by atoms with van der Waals surface area (Å²) in [4.78, 5) is 29.9. The SMILES string of the molecule is Cc1noc2ncc(C(=O)N3CCN(c4ncnc5ccsc45)CC3)cc12. The minimum atomic E-state index is -0.0198. The van der Waals surface area contributed by atoms with Crippen LogP contribution in [0.2, 0.25) is 0 Å². The molecule has 8 nitrogen and oxygen atoms in total. The standard InChI is InChI=1S/C18H16N6O2S/c1-11-13-8-12(9-19-17(13)26-22-11)18(25)24-5-3-23(4-6-24)16-15-14(2-7-27-15)20-10-21-16/h2,7-10H,3-6H2,1H3. The molecule has 136 valence electrons. The summed E-state index contributed by atoms with van der Waals surface area (Å²) in [5, 5.41) is 6.70. The molecule has 1 aliphatic rings. The van der Waals surface area contributed by atoms with E-state index in [9.17, 15) is 4.79 Å². The molecule has 0 N–H and O–H groups in total. The Morgan fingerprint density at radius 1 is 1.19 bits per heavy atom. The van der Waals surface area contributed by atoms with Gasteiger partial charge in [-0.05, 0) is 24.4 Å². The summed E-state index contributed by atoms with van der Waals surface area (Å²) in [7, 11) is 0. The van der Waals surface area contributed by atoms with Crippen LogP contribution in [0, 0.1) is 6.92 Å². The van der Waals surface area contributed by atoms with Gasteiger partial charge in [-0.25, -0.2) is 15.0 Å². The molecule has 5 heterocycles. The van der Waals surface area contributed by atoms with Gasteiger partial charge in [0, 0.05) is 32.4 Å². The summed E-state index contributed by atoms with van der Waals surface area (Å²) in [6, 6.07) is 3.81. The van der Waals surface area contributed by atoms with Crippen LogP contribution in [-0.2, 0) is 0 Å². The molecule has 1 aliphatic heterocycles. The number of amides is 1. The van der Waals surface area contributed by atoms with Gasteiger partial charge in [0.25, 0.3) is 11.6 Å². The summed E-state index contributed by atoms with van der Waals surface area (Å²) >= 11 is 1.64. The smallest absolute Gasteiger partial charge is 0.257 e. The third-order valence-corrected chi connectivity index (χ3v) is 5.75. The average Bonchev–Trinajstić information content (AvgIpc) is 3.34. The summed E-state index contributed by atoms with van der Waals surface area (Å²) in [5.41, 5.74) is 2.72. The van der Waals surface area contributed by atoms with E-state index in [0.717, 1.165) is 40.2 Å². The third-order valence-electron chi connectivity index (χ3n) is 4.85. The van der Waals surface area contributed by atoms with E-state index in [2.05, 4.69) is 25.0 Å². The number of hydrogen-bond acceptors (Lipinski definition) is 8. The van der Waals surface area contributed by atoms with Crippen LogP contribution in [0.3, 0.4) is 0 Å². The van der Waals surface area contributed by atoms with Crippen molar-refractivity contribution in [1.82, 2.24) is 25.0 Å². The van der Waals surface area contributed by atoms with Gasteiger partial charge in [0.1, 0.15) is 12.1 Å². The van der Waals surface area contributed by atoms with E-state index in [1.54, 1.807) is 23.9 Å². The fraction of sp³-hybridized carbons (Fsp3) is 0.278. The minimum absolute atomic E-state index is 0.0198. The molecule has 0 unspecified atom stereocenters. The number of aromatic nitrogens is 4. The largest absolute Gasteiger partial charge is 0.352 e. The lowest BCUT2D eigenvalue weighted by Crippen LogP contribution is -2.49. The normalized spacial score (nSPS) is 15.0. The second kappa shape index (κ2) is 6.27. The first-order chi connectivity index (χ1) is 13.2. The van der Waals surface area contributed by atoms with Gasteiger partial charge in [-0.15, -0.1) is 11.3 Å². The van der Waals surface area contributed by atoms with E-state index < -0.39 is 0 Å². The topological polar surface area (TPSA) is 88.3 Å². The van der Waals surface area contributed by atoms with E-state index in [-0.39, 0.29) is 5.91 Å². The Morgan fingerprint density at radius 2 is 2.04 bits per heavy atom. The van der Waals surface area contributed by atoms with E-state index in [0.29, 0.717) is 24.4 Å². The zero-order valence-corrected chi connectivity index (χ0v) is 15.4. The van der Waals surface area contributed by atoms with Crippen molar-refractivity contribution in [2.24, 2.45) is 0 Å². The van der Waals surface area contributed by atoms with E-state index in [1.807, 2.05) is 29.3 Å². The zero-order valence-electron chi connectivity index (χ0n) is 14.6. The van der Waals surface area contributed by atoms with Crippen molar-refractivity contribution in [3.05, 3.63) is 41.3 Å². The van der Waals surface area contributed by atoms with Crippen molar-refractivity contribution >= 4 is 44.4 Å². The second-order valence-electron chi connectivity index (χ2n) is 6.46. The second-order valence-corrected chi connectivity index (χ2v) is 7.37. The molecule has 0 saturated carbocycles. The van der Waals surface area contributed by atoms with Gasteiger partial charge >= 0.3 is 0 Å². The number of carbonyl (C=O) groups is 1. The molecule has 27 heavy (non-hydrogen) atoms. The number of aryl methyl sites for hydroxylation is 1. The number of hydrogen-bond donors (Lipinski definition) is 0. The molecule has 5 rings (SSSR count). The first-order valence-corrected chi connectivity index (χ1v) is 9.53. The summed E-state index contributed by atoms with van der Waals surface area (Å²) in [5.74, 6) is 0.930. The summed E-state index contributed by atoms with van der Waals surface area (Å²) < 4.78 is 6.21. The maximum atomic E-state index is 12.9. The quantitative estimate of drug-likeness (QED) is 0.528. The van der Waals surface area contributed by atoms with Crippen LogP contribution in [0.15, 0.2) is 34.6 Å². The number of thiophene rings is 1. The predicted molar refractivity (Wildman–Crippen MR) is 102 cm³/mol. The van der Waals surface area contributed by atoms with Crippen LogP contribution in [0.5, 0.6) is 0 Å². The van der Waals surface area contributed by atoms with Gasteiger partial charge in [-0.3, -0.25) is 4.79 Å². The molecule has 4 aromatic heterocycles. The maximum absolute atomic E-state index is 12.9. The molecule has 0 aromatic carbocycles. The lowest BCUT2D eigenvalue weighted by molar-refractivity contribution is 0.0746. The monoisotopic (exact) mass is 380 g/mol. The molecule has 0 bridgehead atoms. The molecular formula is C18H16N6O2S. The first-order valence-electron chi connectivity index (χ1n) is 8.65. The van der Waals surface area contributed by atoms with Crippen molar-refractivity contribution in [2.75, 3.05) is 31.1 Å². The number of pyridine rings is 1. The molecule has 9 heteroatoms. The fourth-order valence-electron chi connectivity index (χ4n) is 3.37. The molecule has 0 atom stereocenters. The molecule has 0 spiro atoms. The minimum Gasteiger partial charge on any atom is -0.352 e. The van der Waals surface area contributed by atoms with Crippen LogP contribution in [0.4, 0.5) is 5.82 Å². The number of rotatable bonds is 2. The van der Waals surface area contributed by atoms with Crippen molar-refractivity contribution in [3.8, 4) is 0 Å². The van der Waals surface area contributed by atoms with E-state index in [1.165, 1.54) is 0 Å². The Balaban J connectivity index is 1.34. The highest BCUT2D eigenvalue weighted by Gasteiger charge is 2.25. The molecule has 4 aromatic rings. The molecule has 1 saturated heterocycles. The van der Waals surface area contributed by atoms with Crippen molar-refractivity contribution < 1.29 is 9.32 Å². The van der Waals surface area contributed by atoms with Crippen molar-refractivity contribution in [3.63, 3.8) is 0 Å².